The summed E-state index contributed by atoms with van der Waals surface area (Å²) in [4.78, 5) is 44.9. The zero-order valence-electron chi connectivity index (χ0n) is 20.9. The van der Waals surface area contributed by atoms with Crippen molar-refractivity contribution in [1.29, 1.82) is 0 Å². The van der Waals surface area contributed by atoms with Gasteiger partial charge in [0.15, 0.2) is 11.5 Å². The van der Waals surface area contributed by atoms with Crippen LogP contribution in [0.1, 0.15) is 58.4 Å². The molecular formula is C25H24F4N6O4. The predicted octanol–water partition coefficient (Wildman–Crippen LogP) is 3.23. The van der Waals surface area contributed by atoms with Gasteiger partial charge < -0.3 is 15.4 Å². The smallest absolute Gasteiger partial charge is 0.433 e. The second-order valence-electron chi connectivity index (χ2n) is 9.29. The van der Waals surface area contributed by atoms with Crippen LogP contribution in [0, 0.1) is 11.2 Å². The average molecular weight is 548 g/mol. The number of fused-ring (bicyclic) bond motifs is 1. The summed E-state index contributed by atoms with van der Waals surface area (Å²) < 4.78 is 58.8. The normalized spacial score (nSPS) is 17.4. The molecule has 0 saturated carbocycles. The van der Waals surface area contributed by atoms with E-state index in [-0.39, 0.29) is 41.7 Å². The zero-order valence-corrected chi connectivity index (χ0v) is 20.9. The summed E-state index contributed by atoms with van der Waals surface area (Å²) in [6.07, 6.45) is 0.553. The van der Waals surface area contributed by atoms with Crippen LogP contribution in [0.4, 0.5) is 17.6 Å². The van der Waals surface area contributed by atoms with Crippen molar-refractivity contribution < 1.29 is 36.7 Å². The van der Waals surface area contributed by atoms with E-state index in [1.54, 1.807) is 6.92 Å². The molecule has 0 radical (unpaired) electrons. The maximum Gasteiger partial charge on any atom is 0.433 e. The van der Waals surface area contributed by atoms with Crippen LogP contribution in [0.5, 0.6) is 0 Å². The molecule has 2 amide bonds. The van der Waals surface area contributed by atoms with Crippen LogP contribution in [0.3, 0.4) is 0 Å². The summed E-state index contributed by atoms with van der Waals surface area (Å²) >= 11 is 0. The van der Waals surface area contributed by atoms with E-state index >= 15 is 0 Å². The number of carbonyl (C=O) groups is 3. The maximum absolute atomic E-state index is 14.3. The molecule has 14 heteroatoms. The molecule has 0 bridgehead atoms. The molecule has 39 heavy (non-hydrogen) atoms. The van der Waals surface area contributed by atoms with Crippen LogP contribution in [0.15, 0.2) is 42.2 Å². The van der Waals surface area contributed by atoms with Crippen molar-refractivity contribution in [2.75, 3.05) is 13.7 Å². The quantitative estimate of drug-likeness (QED) is 0.264. The summed E-state index contributed by atoms with van der Waals surface area (Å²) in [5, 5.41) is 8.94. The molecule has 2 N–H and O–H groups in total. The Morgan fingerprint density at radius 1 is 1.15 bits per heavy atom. The Hall–Kier alpha value is -4.36. The third-order valence-corrected chi connectivity index (χ3v) is 6.46. The summed E-state index contributed by atoms with van der Waals surface area (Å²) in [5.74, 6) is -2.68. The third-order valence-electron chi connectivity index (χ3n) is 6.46. The number of hydrogen-bond donors (Lipinski definition) is 2. The van der Waals surface area contributed by atoms with Gasteiger partial charge in [0.1, 0.15) is 17.1 Å². The van der Waals surface area contributed by atoms with Gasteiger partial charge in [-0.15, -0.1) is 0 Å². The van der Waals surface area contributed by atoms with Crippen LogP contribution in [-0.2, 0) is 22.3 Å². The fraction of sp³-hybridized carbons (Fsp3) is 0.360. The molecule has 206 valence electrons. The molecule has 10 nitrogen and oxygen atoms in total. The Bertz CT molecular complexity index is 1470. The van der Waals surface area contributed by atoms with Gasteiger partial charge in [-0.3, -0.25) is 19.4 Å². The number of carbonyl (C=O) groups excluding carboxylic acids is 3. The number of pyridine rings is 1. The lowest BCUT2D eigenvalue weighted by Crippen LogP contribution is -2.33. The zero-order chi connectivity index (χ0) is 28.4. The largest absolute Gasteiger partial charge is 0.469 e. The Morgan fingerprint density at radius 2 is 1.90 bits per heavy atom. The van der Waals surface area contributed by atoms with E-state index in [1.165, 1.54) is 13.2 Å². The highest BCUT2D eigenvalue weighted by atomic mass is 19.4. The molecule has 3 aromatic heterocycles. The van der Waals surface area contributed by atoms with Crippen LogP contribution in [-0.4, -0.2) is 51.0 Å². The number of halogens is 4. The minimum atomic E-state index is -4.65. The van der Waals surface area contributed by atoms with Crippen molar-refractivity contribution in [3.8, 4) is 0 Å². The maximum atomic E-state index is 14.3. The molecule has 1 aliphatic carbocycles. The first kappa shape index (κ1) is 27.7. The van der Waals surface area contributed by atoms with Gasteiger partial charge in [0.05, 0.1) is 18.7 Å². The molecule has 3 aromatic rings. The van der Waals surface area contributed by atoms with E-state index in [0.717, 1.165) is 34.6 Å². The van der Waals surface area contributed by atoms with Crippen molar-refractivity contribution in [3.63, 3.8) is 0 Å². The number of ether oxygens (including phenoxy) is 1. The number of alkyl halides is 3. The third kappa shape index (κ3) is 6.04. The van der Waals surface area contributed by atoms with Crippen LogP contribution in [0.2, 0.25) is 0 Å². The van der Waals surface area contributed by atoms with Crippen molar-refractivity contribution in [2.24, 2.45) is 5.41 Å². The van der Waals surface area contributed by atoms with Crippen molar-refractivity contribution in [2.45, 2.75) is 38.9 Å². The van der Waals surface area contributed by atoms with E-state index in [1.807, 2.05) is 6.08 Å². The van der Waals surface area contributed by atoms with Gasteiger partial charge in [0, 0.05) is 25.4 Å². The lowest BCUT2D eigenvalue weighted by atomic mass is 9.76. The van der Waals surface area contributed by atoms with E-state index in [0.29, 0.717) is 19.3 Å². The van der Waals surface area contributed by atoms with Crippen molar-refractivity contribution in [1.82, 2.24) is 30.2 Å². The van der Waals surface area contributed by atoms with E-state index in [9.17, 15) is 31.9 Å². The number of allylic oxidation sites excluding steroid dienone is 1. The van der Waals surface area contributed by atoms with Gasteiger partial charge in [-0.25, -0.2) is 13.9 Å². The Kier molecular flexibility index (Phi) is 7.65. The van der Waals surface area contributed by atoms with Gasteiger partial charge in [-0.1, -0.05) is 11.6 Å². The topological polar surface area (TPSA) is 128 Å². The van der Waals surface area contributed by atoms with E-state index in [4.69, 9.17) is 4.74 Å². The SMILES string of the molecule is COC(=O)C1(C)CC=C(CNC(=O)c2cc(C(=O)NCc3ccnc(C(F)(F)F)c3)nc3c(F)cnn23)CC1. The van der Waals surface area contributed by atoms with Gasteiger partial charge in [-0.2, -0.15) is 18.3 Å². The molecule has 0 aliphatic heterocycles. The van der Waals surface area contributed by atoms with Gasteiger partial charge >= 0.3 is 12.1 Å². The Morgan fingerprint density at radius 3 is 2.56 bits per heavy atom. The minimum Gasteiger partial charge on any atom is -0.469 e. The number of amides is 2. The summed E-state index contributed by atoms with van der Waals surface area (Å²) in [7, 11) is 1.33. The van der Waals surface area contributed by atoms with Crippen LogP contribution < -0.4 is 10.6 Å². The van der Waals surface area contributed by atoms with Crippen molar-refractivity contribution in [3.05, 3.63) is 70.7 Å². The van der Waals surface area contributed by atoms with Gasteiger partial charge in [0.25, 0.3) is 11.8 Å². The fourth-order valence-electron chi connectivity index (χ4n) is 4.11. The monoisotopic (exact) mass is 548 g/mol. The van der Waals surface area contributed by atoms with Gasteiger partial charge in [0.2, 0.25) is 0 Å². The number of nitrogens with zero attached hydrogens (tertiary/aromatic N) is 4. The highest BCUT2D eigenvalue weighted by Crippen LogP contribution is 2.36. The summed E-state index contributed by atoms with van der Waals surface area (Å²) in [6.45, 7) is 1.66. The number of esters is 1. The molecule has 0 fully saturated rings. The number of aromatic nitrogens is 4. The molecule has 1 unspecified atom stereocenters. The minimum absolute atomic E-state index is 0.129. The molecular weight excluding hydrogens is 524 g/mol. The highest BCUT2D eigenvalue weighted by Gasteiger charge is 2.35. The van der Waals surface area contributed by atoms with Gasteiger partial charge in [-0.05, 0) is 43.9 Å². The molecule has 0 aromatic carbocycles. The second-order valence-corrected chi connectivity index (χ2v) is 9.29. The first-order chi connectivity index (χ1) is 18.4. The van der Waals surface area contributed by atoms with E-state index in [2.05, 4.69) is 25.7 Å². The highest BCUT2D eigenvalue weighted by molar-refractivity contribution is 5.98. The standard InChI is InChI=1S/C25H24F4N6O4/c1-24(23(38)39-2)6-3-14(4-7-24)11-32-22(37)18-10-17(34-20-16(26)13-33-35(18)20)21(36)31-12-15-5-8-30-19(9-15)25(27,28)29/h3,5,8-10,13H,4,6-7,11-12H2,1-2H3,(H,31,36)(H,32,37). The predicted molar refractivity (Wildman–Crippen MR) is 128 cm³/mol. The van der Waals surface area contributed by atoms with Crippen LogP contribution in [0.25, 0.3) is 5.65 Å². The lowest BCUT2D eigenvalue weighted by Gasteiger charge is -2.30. The van der Waals surface area contributed by atoms with Crippen LogP contribution >= 0.6 is 0 Å². The average Bonchev–Trinajstić information content (AvgIpc) is 3.30. The molecule has 4 rings (SSSR count). The van der Waals surface area contributed by atoms with E-state index < -0.39 is 34.9 Å². The summed E-state index contributed by atoms with van der Waals surface area (Å²) in [5.41, 5.74) is -1.62. The lowest BCUT2D eigenvalue weighted by molar-refractivity contribution is -0.152. The first-order valence-corrected chi connectivity index (χ1v) is 11.8. The molecule has 0 saturated heterocycles. The number of methoxy groups -OCH3 is 1. The molecule has 1 atom stereocenters. The Labute approximate surface area is 219 Å². The Balaban J connectivity index is 1.48. The number of hydrogen-bond acceptors (Lipinski definition) is 7. The fourth-order valence-corrected chi connectivity index (χ4v) is 4.11. The second kappa shape index (κ2) is 10.8. The number of rotatable bonds is 7. The molecule has 1 aliphatic rings. The first-order valence-electron chi connectivity index (χ1n) is 11.8. The van der Waals surface area contributed by atoms with Crippen molar-refractivity contribution >= 4 is 23.4 Å². The molecule has 3 heterocycles. The number of nitrogens with one attached hydrogen (secondary N) is 2. The molecule has 0 spiro atoms. The summed E-state index contributed by atoms with van der Waals surface area (Å²) in [6, 6.07) is 3.21.